The smallest absolute Gasteiger partial charge is 0.199 e. The number of tetrazole rings is 1. The molecule has 0 amide bonds. The zero-order valence-corrected chi connectivity index (χ0v) is 11.3. The first-order valence-electron chi connectivity index (χ1n) is 5.69. The van der Waals surface area contributed by atoms with Crippen LogP contribution in [0.4, 0.5) is 5.82 Å². The minimum absolute atomic E-state index is 0.679. The van der Waals surface area contributed by atoms with Crippen molar-refractivity contribution in [3.05, 3.63) is 12.4 Å². The van der Waals surface area contributed by atoms with Crippen molar-refractivity contribution in [1.82, 2.24) is 25.0 Å². The van der Waals surface area contributed by atoms with Crippen molar-refractivity contribution in [2.24, 2.45) is 0 Å². The molecule has 0 saturated carbocycles. The van der Waals surface area contributed by atoms with Gasteiger partial charge < -0.3 is 4.90 Å². The summed E-state index contributed by atoms with van der Waals surface area (Å²) in [7, 11) is 0. The van der Waals surface area contributed by atoms with Crippen LogP contribution < -0.4 is 4.90 Å². The summed E-state index contributed by atoms with van der Waals surface area (Å²) in [6, 6.07) is 0. The molecule has 0 bridgehead atoms. The summed E-state index contributed by atoms with van der Waals surface area (Å²) in [6.45, 7) is 4.09. The van der Waals surface area contributed by atoms with Crippen LogP contribution in [0, 0.1) is 0 Å². The maximum atomic E-state index is 4.18. The number of alkyl halides is 1. The molecule has 17 heavy (non-hydrogen) atoms. The molecular weight excluding hydrogens is 284 g/mol. The molecule has 0 aliphatic rings. The zero-order valence-electron chi connectivity index (χ0n) is 9.75. The molecule has 0 aliphatic heterocycles. The van der Waals surface area contributed by atoms with Crippen LogP contribution in [0.5, 0.6) is 0 Å². The van der Waals surface area contributed by atoms with Crippen LogP contribution in [0.1, 0.15) is 19.8 Å². The Labute approximate surface area is 108 Å². The molecule has 0 N–H and O–H groups in total. The van der Waals surface area contributed by atoms with Gasteiger partial charge in [0.1, 0.15) is 0 Å². The fraction of sp³-hybridized carbons (Fsp3) is 0.600. The number of fused-ring (bicyclic) bond motifs is 1. The molecule has 92 valence electrons. The van der Waals surface area contributed by atoms with Crippen molar-refractivity contribution in [2.45, 2.75) is 19.8 Å². The average Bonchev–Trinajstić information content (AvgIpc) is 2.82. The molecule has 2 heterocycles. The van der Waals surface area contributed by atoms with Crippen LogP contribution in [-0.4, -0.2) is 43.4 Å². The molecular formula is C10H15BrN6. The average molecular weight is 299 g/mol. The largest absolute Gasteiger partial charge is 0.354 e. The third kappa shape index (κ3) is 2.71. The Balaban J connectivity index is 2.30. The van der Waals surface area contributed by atoms with Crippen molar-refractivity contribution in [1.29, 1.82) is 0 Å². The van der Waals surface area contributed by atoms with Gasteiger partial charge in [0.2, 0.25) is 0 Å². The lowest BCUT2D eigenvalue weighted by Crippen LogP contribution is -2.28. The van der Waals surface area contributed by atoms with Gasteiger partial charge in [-0.25, -0.2) is 0 Å². The molecule has 0 fully saturated rings. The number of unbranched alkanes of at least 4 members (excludes halogenated alkanes) is 1. The Bertz CT molecular complexity index is 471. The molecule has 0 saturated heterocycles. The third-order valence-corrected chi connectivity index (χ3v) is 2.91. The van der Waals surface area contributed by atoms with Crippen molar-refractivity contribution in [3.63, 3.8) is 0 Å². The van der Waals surface area contributed by atoms with Crippen LogP contribution >= 0.6 is 15.9 Å². The van der Waals surface area contributed by atoms with Gasteiger partial charge in [-0.15, -0.1) is 5.10 Å². The Kier molecular flexibility index (Phi) is 4.24. The van der Waals surface area contributed by atoms with Crippen LogP contribution in [0.3, 0.4) is 0 Å². The van der Waals surface area contributed by atoms with Gasteiger partial charge in [0.15, 0.2) is 11.5 Å². The minimum Gasteiger partial charge on any atom is -0.354 e. The van der Waals surface area contributed by atoms with E-state index in [9.17, 15) is 0 Å². The summed E-state index contributed by atoms with van der Waals surface area (Å²) < 4.78 is 1.73. The van der Waals surface area contributed by atoms with E-state index < -0.39 is 0 Å². The number of aromatic nitrogens is 5. The maximum Gasteiger partial charge on any atom is 0.199 e. The summed E-state index contributed by atoms with van der Waals surface area (Å²) in [5.74, 6) is 0.945. The zero-order chi connectivity index (χ0) is 12.1. The van der Waals surface area contributed by atoms with E-state index in [2.05, 4.69) is 48.3 Å². The van der Waals surface area contributed by atoms with Crippen molar-refractivity contribution >= 4 is 27.4 Å². The molecule has 0 aromatic carbocycles. The number of anilines is 1. The highest BCUT2D eigenvalue weighted by Gasteiger charge is 2.11. The van der Waals surface area contributed by atoms with Gasteiger partial charge in [-0.1, -0.05) is 29.3 Å². The molecule has 7 heteroatoms. The van der Waals surface area contributed by atoms with E-state index in [0.717, 1.165) is 37.1 Å². The summed E-state index contributed by atoms with van der Waals surface area (Å²) in [5.41, 5.74) is 0.679. The fourth-order valence-corrected chi connectivity index (χ4v) is 2.10. The monoisotopic (exact) mass is 298 g/mol. The second-order valence-electron chi connectivity index (χ2n) is 3.74. The third-order valence-electron chi connectivity index (χ3n) is 2.55. The van der Waals surface area contributed by atoms with Crippen molar-refractivity contribution in [3.8, 4) is 0 Å². The Morgan fingerprint density at radius 2 is 2.24 bits per heavy atom. The van der Waals surface area contributed by atoms with E-state index in [1.807, 2.05) is 6.20 Å². The Morgan fingerprint density at radius 1 is 1.35 bits per heavy atom. The molecule has 0 atom stereocenters. The van der Waals surface area contributed by atoms with Gasteiger partial charge in [0.25, 0.3) is 0 Å². The number of nitrogens with zero attached hydrogens (tertiary/aromatic N) is 6. The minimum atomic E-state index is 0.679. The van der Waals surface area contributed by atoms with E-state index in [0.29, 0.717) is 5.65 Å². The standard InChI is InChI=1S/C10H15BrN6/c1-2-3-5-16(6-4-11)10-8-12-7-9-13-14-15-17(9)10/h7-8H,2-6H2,1H3. The van der Waals surface area contributed by atoms with Gasteiger partial charge >= 0.3 is 0 Å². The van der Waals surface area contributed by atoms with Gasteiger partial charge in [-0.2, -0.15) is 4.52 Å². The Hall–Kier alpha value is -1.24. The lowest BCUT2D eigenvalue weighted by atomic mass is 10.3. The van der Waals surface area contributed by atoms with E-state index in [1.54, 1.807) is 10.7 Å². The number of hydrogen-bond donors (Lipinski definition) is 0. The molecule has 2 aromatic rings. The van der Waals surface area contributed by atoms with Crippen LogP contribution in [0.2, 0.25) is 0 Å². The maximum absolute atomic E-state index is 4.18. The molecule has 0 unspecified atom stereocenters. The second kappa shape index (κ2) is 5.90. The Morgan fingerprint density at radius 3 is 3.00 bits per heavy atom. The topological polar surface area (TPSA) is 59.2 Å². The van der Waals surface area contributed by atoms with E-state index in [4.69, 9.17) is 0 Å². The number of hydrogen-bond acceptors (Lipinski definition) is 5. The summed E-state index contributed by atoms with van der Waals surface area (Å²) in [5, 5.41) is 12.5. The number of halogens is 1. The van der Waals surface area contributed by atoms with E-state index in [-0.39, 0.29) is 0 Å². The highest BCUT2D eigenvalue weighted by molar-refractivity contribution is 9.09. The lowest BCUT2D eigenvalue weighted by Gasteiger charge is -2.23. The summed E-state index contributed by atoms with van der Waals surface area (Å²) in [6.07, 6.45) is 5.78. The molecule has 0 radical (unpaired) electrons. The fourth-order valence-electron chi connectivity index (χ4n) is 1.67. The van der Waals surface area contributed by atoms with Crippen LogP contribution in [-0.2, 0) is 0 Å². The van der Waals surface area contributed by atoms with Gasteiger partial charge in [0, 0.05) is 18.4 Å². The first kappa shape index (κ1) is 12.2. The van der Waals surface area contributed by atoms with Crippen LogP contribution in [0.25, 0.3) is 5.65 Å². The van der Waals surface area contributed by atoms with Gasteiger partial charge in [-0.3, -0.25) is 4.98 Å². The molecule has 6 nitrogen and oxygen atoms in total. The second-order valence-corrected chi connectivity index (χ2v) is 4.54. The SMILES string of the molecule is CCCCN(CCBr)c1cncc2nnnn12. The normalized spacial score (nSPS) is 10.9. The molecule has 0 aliphatic carbocycles. The lowest BCUT2D eigenvalue weighted by molar-refractivity contribution is 0.704. The molecule has 2 rings (SSSR count). The first-order chi connectivity index (χ1) is 8.36. The summed E-state index contributed by atoms with van der Waals surface area (Å²) >= 11 is 3.47. The highest BCUT2D eigenvalue weighted by Crippen LogP contribution is 2.13. The van der Waals surface area contributed by atoms with E-state index >= 15 is 0 Å². The summed E-state index contributed by atoms with van der Waals surface area (Å²) in [4.78, 5) is 6.42. The van der Waals surface area contributed by atoms with Crippen LogP contribution in [0.15, 0.2) is 12.4 Å². The highest BCUT2D eigenvalue weighted by atomic mass is 79.9. The molecule has 0 spiro atoms. The predicted octanol–water partition coefficient (Wildman–Crippen LogP) is 1.52. The van der Waals surface area contributed by atoms with Gasteiger partial charge in [0.05, 0.1) is 12.4 Å². The first-order valence-corrected chi connectivity index (χ1v) is 6.82. The number of rotatable bonds is 6. The van der Waals surface area contributed by atoms with E-state index in [1.165, 1.54) is 0 Å². The van der Waals surface area contributed by atoms with Crippen molar-refractivity contribution < 1.29 is 0 Å². The molecule has 2 aromatic heterocycles. The quantitative estimate of drug-likeness (QED) is 0.757. The van der Waals surface area contributed by atoms with Crippen molar-refractivity contribution in [2.75, 3.05) is 23.3 Å². The van der Waals surface area contributed by atoms with Gasteiger partial charge in [-0.05, 0) is 16.8 Å². The predicted molar refractivity (Wildman–Crippen MR) is 69.5 cm³/mol.